The predicted octanol–water partition coefficient (Wildman–Crippen LogP) is 4.53. The number of nitrogens with one attached hydrogen (secondary N) is 1. The number of aryl methyl sites for hydroxylation is 2. The first kappa shape index (κ1) is 13.9. The molecule has 0 spiro atoms. The molecule has 1 N–H and O–H groups in total. The second-order valence-electron chi connectivity index (χ2n) is 4.51. The van der Waals surface area contributed by atoms with Gasteiger partial charge >= 0.3 is 0 Å². The van der Waals surface area contributed by atoms with E-state index in [1.54, 1.807) is 6.07 Å². The van der Waals surface area contributed by atoms with Gasteiger partial charge in [0, 0.05) is 18.4 Å². The van der Waals surface area contributed by atoms with Crippen LogP contribution in [0.1, 0.15) is 25.5 Å². The van der Waals surface area contributed by atoms with Crippen molar-refractivity contribution in [2.75, 3.05) is 5.32 Å². The van der Waals surface area contributed by atoms with Crippen LogP contribution in [0, 0.1) is 12.7 Å². The summed E-state index contributed by atoms with van der Waals surface area (Å²) in [6, 6.07) is 4.64. The van der Waals surface area contributed by atoms with E-state index in [9.17, 15) is 4.39 Å². The standard InChI is InChI=1S/C14H17ClFN3/c1-3-4-7-19-9-10(2)17-14(19)18-11-5-6-12(15)13(16)8-11/h5-6,8-9H,3-4,7H2,1-2H3,(H,17,18). The van der Waals surface area contributed by atoms with Crippen LogP contribution in [0.3, 0.4) is 0 Å². The minimum Gasteiger partial charge on any atom is -0.326 e. The molecule has 19 heavy (non-hydrogen) atoms. The van der Waals surface area contributed by atoms with Gasteiger partial charge in [0.1, 0.15) is 5.82 Å². The molecule has 102 valence electrons. The Bertz CT molecular complexity index is 566. The molecule has 2 rings (SSSR count). The molecule has 0 unspecified atom stereocenters. The third-order valence-electron chi connectivity index (χ3n) is 2.83. The summed E-state index contributed by atoms with van der Waals surface area (Å²) >= 11 is 5.66. The largest absolute Gasteiger partial charge is 0.326 e. The van der Waals surface area contributed by atoms with Crippen molar-refractivity contribution in [3.63, 3.8) is 0 Å². The highest BCUT2D eigenvalue weighted by molar-refractivity contribution is 6.30. The van der Waals surface area contributed by atoms with Gasteiger partial charge < -0.3 is 9.88 Å². The summed E-state index contributed by atoms with van der Waals surface area (Å²) in [5, 5.41) is 3.24. The Morgan fingerprint density at radius 2 is 2.21 bits per heavy atom. The second kappa shape index (κ2) is 6.06. The molecule has 3 nitrogen and oxygen atoms in total. The van der Waals surface area contributed by atoms with Crippen LogP contribution >= 0.6 is 11.6 Å². The van der Waals surface area contributed by atoms with Crippen LogP contribution in [0.5, 0.6) is 0 Å². The summed E-state index contributed by atoms with van der Waals surface area (Å²) in [6.45, 7) is 4.98. The number of halogens is 2. The fourth-order valence-electron chi connectivity index (χ4n) is 1.85. The minimum absolute atomic E-state index is 0.121. The number of hydrogen-bond donors (Lipinski definition) is 1. The first-order valence-corrected chi connectivity index (χ1v) is 6.73. The molecule has 0 amide bonds. The Labute approximate surface area is 117 Å². The molecule has 2 aromatic rings. The lowest BCUT2D eigenvalue weighted by atomic mass is 10.3. The first-order chi connectivity index (χ1) is 9.10. The number of rotatable bonds is 5. The number of nitrogens with zero attached hydrogens (tertiary/aromatic N) is 2. The van der Waals surface area contributed by atoms with Crippen molar-refractivity contribution >= 4 is 23.2 Å². The minimum atomic E-state index is -0.435. The molecule has 0 saturated heterocycles. The Kier molecular flexibility index (Phi) is 4.43. The third kappa shape index (κ3) is 3.47. The zero-order valence-corrected chi connectivity index (χ0v) is 11.8. The molecular formula is C14H17ClFN3. The first-order valence-electron chi connectivity index (χ1n) is 6.36. The molecule has 0 aliphatic carbocycles. The highest BCUT2D eigenvalue weighted by atomic mass is 35.5. The molecule has 0 radical (unpaired) electrons. The molecular weight excluding hydrogens is 265 g/mol. The van der Waals surface area contributed by atoms with E-state index in [0.717, 1.165) is 31.0 Å². The maximum atomic E-state index is 13.4. The lowest BCUT2D eigenvalue weighted by Crippen LogP contribution is -2.03. The molecule has 5 heteroatoms. The quantitative estimate of drug-likeness (QED) is 0.873. The number of hydrogen-bond acceptors (Lipinski definition) is 2. The maximum Gasteiger partial charge on any atom is 0.207 e. The number of aromatic nitrogens is 2. The normalized spacial score (nSPS) is 10.7. The smallest absolute Gasteiger partial charge is 0.207 e. The Morgan fingerprint density at radius 1 is 1.42 bits per heavy atom. The monoisotopic (exact) mass is 281 g/mol. The number of benzene rings is 1. The Balaban J connectivity index is 2.19. The van der Waals surface area contributed by atoms with Crippen LogP contribution < -0.4 is 5.32 Å². The lowest BCUT2D eigenvalue weighted by molar-refractivity contribution is 0.628. The number of unbranched alkanes of at least 4 members (excludes halogenated alkanes) is 1. The Morgan fingerprint density at radius 3 is 2.89 bits per heavy atom. The number of anilines is 2. The van der Waals surface area contributed by atoms with E-state index >= 15 is 0 Å². The van der Waals surface area contributed by atoms with Gasteiger partial charge in [-0.15, -0.1) is 0 Å². The molecule has 0 fully saturated rings. The van der Waals surface area contributed by atoms with Crippen molar-refractivity contribution in [3.05, 3.63) is 40.9 Å². The van der Waals surface area contributed by atoms with Gasteiger partial charge in [-0.05, 0) is 31.5 Å². The highest BCUT2D eigenvalue weighted by Gasteiger charge is 2.07. The summed E-state index contributed by atoms with van der Waals surface area (Å²) in [7, 11) is 0. The summed E-state index contributed by atoms with van der Waals surface area (Å²) in [5.41, 5.74) is 1.58. The van der Waals surface area contributed by atoms with E-state index in [1.165, 1.54) is 12.1 Å². The van der Waals surface area contributed by atoms with Crippen LogP contribution in [-0.4, -0.2) is 9.55 Å². The average molecular weight is 282 g/mol. The van der Waals surface area contributed by atoms with Crippen molar-refractivity contribution in [1.82, 2.24) is 9.55 Å². The van der Waals surface area contributed by atoms with Crippen molar-refractivity contribution < 1.29 is 4.39 Å². The van der Waals surface area contributed by atoms with Gasteiger partial charge in [0.15, 0.2) is 0 Å². The summed E-state index contributed by atoms with van der Waals surface area (Å²) in [5.74, 6) is 0.294. The molecule has 0 aliphatic rings. The highest BCUT2D eigenvalue weighted by Crippen LogP contribution is 2.22. The van der Waals surface area contributed by atoms with Gasteiger partial charge in [0.2, 0.25) is 5.95 Å². The molecule has 0 aliphatic heterocycles. The van der Waals surface area contributed by atoms with Gasteiger partial charge in [-0.1, -0.05) is 24.9 Å². The van der Waals surface area contributed by atoms with E-state index in [1.807, 2.05) is 17.7 Å². The average Bonchev–Trinajstić information content (AvgIpc) is 2.71. The fraction of sp³-hybridized carbons (Fsp3) is 0.357. The van der Waals surface area contributed by atoms with Crippen LogP contribution in [0.15, 0.2) is 24.4 Å². The fourth-order valence-corrected chi connectivity index (χ4v) is 1.97. The zero-order valence-electron chi connectivity index (χ0n) is 11.1. The van der Waals surface area contributed by atoms with Gasteiger partial charge in [-0.2, -0.15) is 0 Å². The molecule has 0 saturated carbocycles. The summed E-state index contributed by atoms with van der Waals surface area (Å²) in [4.78, 5) is 4.41. The molecule has 0 bridgehead atoms. The lowest BCUT2D eigenvalue weighted by Gasteiger charge is -2.09. The predicted molar refractivity (Wildman–Crippen MR) is 76.6 cm³/mol. The van der Waals surface area contributed by atoms with Crippen molar-refractivity contribution in [2.45, 2.75) is 33.2 Å². The molecule has 1 aromatic carbocycles. The van der Waals surface area contributed by atoms with Gasteiger partial charge in [-0.25, -0.2) is 9.37 Å². The van der Waals surface area contributed by atoms with E-state index in [0.29, 0.717) is 5.69 Å². The van der Waals surface area contributed by atoms with E-state index < -0.39 is 5.82 Å². The SMILES string of the molecule is CCCCn1cc(C)nc1Nc1ccc(Cl)c(F)c1. The summed E-state index contributed by atoms with van der Waals surface area (Å²) in [6.07, 6.45) is 4.19. The molecule has 0 atom stereocenters. The molecule has 1 aromatic heterocycles. The molecule has 1 heterocycles. The van der Waals surface area contributed by atoms with E-state index in [4.69, 9.17) is 11.6 Å². The number of imidazole rings is 1. The van der Waals surface area contributed by atoms with E-state index in [-0.39, 0.29) is 5.02 Å². The van der Waals surface area contributed by atoms with Crippen molar-refractivity contribution in [1.29, 1.82) is 0 Å². The second-order valence-corrected chi connectivity index (χ2v) is 4.91. The van der Waals surface area contributed by atoms with Crippen LogP contribution in [0.2, 0.25) is 5.02 Å². The van der Waals surface area contributed by atoms with Crippen molar-refractivity contribution in [3.8, 4) is 0 Å². The van der Waals surface area contributed by atoms with Crippen LogP contribution in [0.25, 0.3) is 0 Å². The van der Waals surface area contributed by atoms with Gasteiger partial charge in [0.25, 0.3) is 0 Å². The summed E-state index contributed by atoms with van der Waals surface area (Å²) < 4.78 is 15.4. The van der Waals surface area contributed by atoms with Crippen molar-refractivity contribution in [2.24, 2.45) is 0 Å². The third-order valence-corrected chi connectivity index (χ3v) is 3.13. The van der Waals surface area contributed by atoms with Gasteiger partial charge in [-0.3, -0.25) is 0 Å². The van der Waals surface area contributed by atoms with Crippen LogP contribution in [-0.2, 0) is 6.54 Å². The van der Waals surface area contributed by atoms with E-state index in [2.05, 4.69) is 17.2 Å². The van der Waals surface area contributed by atoms with Crippen LogP contribution in [0.4, 0.5) is 16.0 Å². The zero-order chi connectivity index (χ0) is 13.8. The maximum absolute atomic E-state index is 13.4. The Hall–Kier alpha value is -1.55. The van der Waals surface area contributed by atoms with Gasteiger partial charge in [0.05, 0.1) is 10.7 Å². The topological polar surface area (TPSA) is 29.9 Å².